The summed E-state index contributed by atoms with van der Waals surface area (Å²) in [7, 11) is 0. The predicted molar refractivity (Wildman–Crippen MR) is 41.0 cm³/mol. The molecule has 0 spiro atoms. The number of aliphatic hydroxyl groups is 1. The highest BCUT2D eigenvalue weighted by Crippen LogP contribution is 2.10. The van der Waals surface area contributed by atoms with Crippen molar-refractivity contribution in [3.63, 3.8) is 0 Å². The number of amides is 1. The first kappa shape index (κ1) is 9.28. The van der Waals surface area contributed by atoms with Gasteiger partial charge in [-0.3, -0.25) is 0 Å². The van der Waals surface area contributed by atoms with Gasteiger partial charge in [0.1, 0.15) is 0 Å². The van der Waals surface area contributed by atoms with Gasteiger partial charge in [-0.1, -0.05) is 0 Å². The lowest BCUT2D eigenvalue weighted by atomic mass is 10.2. The highest BCUT2D eigenvalue weighted by Gasteiger charge is 2.28. The molecule has 0 saturated carbocycles. The molecule has 2 N–H and O–H groups in total. The highest BCUT2D eigenvalue weighted by atomic mass is 16.5. The van der Waals surface area contributed by atoms with Gasteiger partial charge in [0.25, 0.3) is 0 Å². The number of aliphatic hydroxyl groups excluding tert-OH is 1. The monoisotopic (exact) mass is 175 g/mol. The van der Waals surface area contributed by atoms with E-state index >= 15 is 0 Å². The topological polar surface area (TPSA) is 70.0 Å². The fraction of sp³-hybridized carbons (Fsp3) is 0.857. The van der Waals surface area contributed by atoms with Crippen molar-refractivity contribution in [2.45, 2.75) is 19.1 Å². The molecule has 0 aromatic rings. The predicted octanol–water partition coefficient (Wildman–Crippen LogP) is -0.254. The average molecular weight is 175 g/mol. The summed E-state index contributed by atoms with van der Waals surface area (Å²) in [5.74, 6) is 0. The summed E-state index contributed by atoms with van der Waals surface area (Å²) in [6.45, 7) is 2.27. The Balaban J connectivity index is 2.53. The minimum absolute atomic E-state index is 0.120. The van der Waals surface area contributed by atoms with Gasteiger partial charge in [0, 0.05) is 0 Å². The number of hydrogen-bond donors (Lipinski definition) is 2. The lowest BCUT2D eigenvalue weighted by Gasteiger charge is -2.35. The molecule has 1 heterocycles. The maximum atomic E-state index is 10.6. The molecule has 1 aliphatic heterocycles. The van der Waals surface area contributed by atoms with E-state index < -0.39 is 6.09 Å². The van der Waals surface area contributed by atoms with Crippen molar-refractivity contribution >= 4 is 6.09 Å². The number of rotatable bonds is 1. The first-order valence-electron chi connectivity index (χ1n) is 3.87. The fourth-order valence-corrected chi connectivity index (χ4v) is 1.19. The third-order valence-corrected chi connectivity index (χ3v) is 1.95. The zero-order chi connectivity index (χ0) is 9.14. The molecule has 12 heavy (non-hydrogen) atoms. The van der Waals surface area contributed by atoms with Crippen LogP contribution in [-0.4, -0.2) is 53.1 Å². The third-order valence-electron chi connectivity index (χ3n) is 1.95. The van der Waals surface area contributed by atoms with Crippen LogP contribution in [0, 0.1) is 0 Å². The van der Waals surface area contributed by atoms with Crippen molar-refractivity contribution in [3.8, 4) is 0 Å². The second-order valence-electron chi connectivity index (χ2n) is 2.92. The molecule has 1 fully saturated rings. The summed E-state index contributed by atoms with van der Waals surface area (Å²) in [4.78, 5) is 11.9. The second-order valence-corrected chi connectivity index (χ2v) is 2.92. The van der Waals surface area contributed by atoms with E-state index in [2.05, 4.69) is 0 Å². The van der Waals surface area contributed by atoms with Crippen LogP contribution < -0.4 is 0 Å². The van der Waals surface area contributed by atoms with Gasteiger partial charge < -0.3 is 19.8 Å². The number of carboxylic acid groups (broad SMARTS) is 1. The Morgan fingerprint density at radius 2 is 2.42 bits per heavy atom. The van der Waals surface area contributed by atoms with Gasteiger partial charge in [0.2, 0.25) is 0 Å². The molecule has 0 aromatic heterocycles. The molecule has 0 radical (unpaired) electrons. The molecular formula is C7H13NO4. The number of ether oxygens (including phenoxy) is 1. The van der Waals surface area contributed by atoms with E-state index in [-0.39, 0.29) is 25.3 Å². The van der Waals surface area contributed by atoms with E-state index in [0.717, 1.165) is 0 Å². The smallest absolute Gasteiger partial charge is 0.407 e. The van der Waals surface area contributed by atoms with Crippen LogP contribution in [0.25, 0.3) is 0 Å². The number of carbonyl (C=O) groups is 1. The molecule has 1 rings (SSSR count). The van der Waals surface area contributed by atoms with Gasteiger partial charge in [0.05, 0.1) is 31.9 Å². The molecule has 2 atom stereocenters. The van der Waals surface area contributed by atoms with Crippen LogP contribution in [0.1, 0.15) is 6.92 Å². The van der Waals surface area contributed by atoms with Gasteiger partial charge in [-0.15, -0.1) is 0 Å². The third kappa shape index (κ3) is 1.86. The SMILES string of the molecule is CC1COC(CO)CN1C(=O)O. The van der Waals surface area contributed by atoms with Crippen molar-refractivity contribution in [2.24, 2.45) is 0 Å². The zero-order valence-electron chi connectivity index (χ0n) is 6.93. The van der Waals surface area contributed by atoms with E-state index in [9.17, 15) is 4.79 Å². The molecule has 0 bridgehead atoms. The Kier molecular flexibility index (Phi) is 2.88. The van der Waals surface area contributed by atoms with E-state index in [4.69, 9.17) is 14.9 Å². The first-order valence-corrected chi connectivity index (χ1v) is 3.87. The minimum atomic E-state index is -0.954. The molecular weight excluding hydrogens is 162 g/mol. The summed E-state index contributed by atoms with van der Waals surface area (Å²) in [5.41, 5.74) is 0. The van der Waals surface area contributed by atoms with Crippen LogP contribution in [0.3, 0.4) is 0 Å². The quantitative estimate of drug-likeness (QED) is 0.576. The number of morpholine rings is 1. The van der Waals surface area contributed by atoms with Crippen LogP contribution in [0.4, 0.5) is 4.79 Å². The van der Waals surface area contributed by atoms with Gasteiger partial charge in [-0.2, -0.15) is 0 Å². The minimum Gasteiger partial charge on any atom is -0.465 e. The Labute approximate surface area is 70.5 Å². The molecule has 70 valence electrons. The average Bonchev–Trinajstić information content (AvgIpc) is 2.05. The van der Waals surface area contributed by atoms with Crippen LogP contribution >= 0.6 is 0 Å². The van der Waals surface area contributed by atoms with Crippen molar-refractivity contribution in [3.05, 3.63) is 0 Å². The van der Waals surface area contributed by atoms with Gasteiger partial charge >= 0.3 is 6.09 Å². The van der Waals surface area contributed by atoms with Crippen LogP contribution in [0.5, 0.6) is 0 Å². The van der Waals surface area contributed by atoms with E-state index in [0.29, 0.717) is 6.61 Å². The van der Waals surface area contributed by atoms with Gasteiger partial charge in [0.15, 0.2) is 0 Å². The Hall–Kier alpha value is -0.810. The molecule has 0 aliphatic carbocycles. The number of nitrogens with zero attached hydrogens (tertiary/aromatic N) is 1. The van der Waals surface area contributed by atoms with E-state index in [1.807, 2.05) is 0 Å². The van der Waals surface area contributed by atoms with Gasteiger partial charge in [-0.25, -0.2) is 4.79 Å². The maximum Gasteiger partial charge on any atom is 0.407 e. The standard InChI is InChI=1S/C7H13NO4/c1-5-4-12-6(3-9)2-8(5)7(10)11/h5-6,9H,2-4H2,1H3,(H,10,11). The Bertz CT molecular complexity index is 173. The number of hydrogen-bond acceptors (Lipinski definition) is 3. The summed E-state index contributed by atoms with van der Waals surface area (Å²) >= 11 is 0. The molecule has 1 aliphatic rings. The normalized spacial score (nSPS) is 30.3. The summed E-state index contributed by atoms with van der Waals surface area (Å²) < 4.78 is 5.16. The van der Waals surface area contributed by atoms with Crippen molar-refractivity contribution < 1.29 is 19.7 Å². The molecule has 1 saturated heterocycles. The molecule has 1 amide bonds. The second kappa shape index (κ2) is 3.73. The summed E-state index contributed by atoms with van der Waals surface area (Å²) in [6, 6.07) is -0.120. The summed E-state index contributed by atoms with van der Waals surface area (Å²) in [6.07, 6.45) is -1.32. The molecule has 0 aromatic carbocycles. The lowest BCUT2D eigenvalue weighted by Crippen LogP contribution is -2.51. The van der Waals surface area contributed by atoms with Crippen molar-refractivity contribution in [1.29, 1.82) is 0 Å². The Morgan fingerprint density at radius 3 is 2.92 bits per heavy atom. The molecule has 5 heteroatoms. The lowest BCUT2D eigenvalue weighted by molar-refractivity contribution is -0.0687. The van der Waals surface area contributed by atoms with Crippen LogP contribution in [-0.2, 0) is 4.74 Å². The first-order chi connectivity index (χ1) is 5.65. The molecule has 5 nitrogen and oxygen atoms in total. The van der Waals surface area contributed by atoms with E-state index in [1.165, 1.54) is 4.90 Å². The molecule has 2 unspecified atom stereocenters. The summed E-state index contributed by atoms with van der Waals surface area (Å²) in [5, 5.41) is 17.4. The van der Waals surface area contributed by atoms with Crippen molar-refractivity contribution in [1.82, 2.24) is 4.90 Å². The van der Waals surface area contributed by atoms with Crippen LogP contribution in [0.15, 0.2) is 0 Å². The van der Waals surface area contributed by atoms with E-state index in [1.54, 1.807) is 6.92 Å². The Morgan fingerprint density at radius 1 is 1.75 bits per heavy atom. The van der Waals surface area contributed by atoms with Crippen LogP contribution in [0.2, 0.25) is 0 Å². The van der Waals surface area contributed by atoms with Gasteiger partial charge in [-0.05, 0) is 6.92 Å². The largest absolute Gasteiger partial charge is 0.465 e. The zero-order valence-corrected chi connectivity index (χ0v) is 6.93. The highest BCUT2D eigenvalue weighted by molar-refractivity contribution is 5.65. The fourth-order valence-electron chi connectivity index (χ4n) is 1.19. The maximum absolute atomic E-state index is 10.6. The van der Waals surface area contributed by atoms with Crippen molar-refractivity contribution in [2.75, 3.05) is 19.8 Å².